The Labute approximate surface area is 135 Å². The minimum absolute atomic E-state index is 0.0145. The molecule has 2 aromatic heterocycles. The first-order valence-corrected chi connectivity index (χ1v) is 8.61. The molecule has 2 aliphatic rings. The molecule has 3 heterocycles. The van der Waals surface area contributed by atoms with Crippen molar-refractivity contribution in [2.24, 2.45) is 0 Å². The number of piperidine rings is 1. The number of hydrogen-bond donors (Lipinski definition) is 3. The van der Waals surface area contributed by atoms with E-state index in [9.17, 15) is 4.79 Å². The van der Waals surface area contributed by atoms with Gasteiger partial charge in [0.05, 0.1) is 16.6 Å². The molecule has 1 aliphatic heterocycles. The molecule has 2 fully saturated rings. The zero-order valence-corrected chi connectivity index (χ0v) is 13.5. The van der Waals surface area contributed by atoms with Crippen molar-refractivity contribution in [3.63, 3.8) is 0 Å². The Morgan fingerprint density at radius 2 is 2.30 bits per heavy atom. The largest absolute Gasteiger partial charge is 0.345 e. The van der Waals surface area contributed by atoms with Crippen LogP contribution in [0.5, 0.6) is 0 Å². The van der Waals surface area contributed by atoms with Gasteiger partial charge in [-0.15, -0.1) is 0 Å². The van der Waals surface area contributed by atoms with Gasteiger partial charge in [-0.1, -0.05) is 6.92 Å². The molecule has 0 aromatic carbocycles. The summed E-state index contributed by atoms with van der Waals surface area (Å²) in [6, 6.07) is 2.19. The van der Waals surface area contributed by atoms with Crippen molar-refractivity contribution in [2.75, 3.05) is 6.54 Å². The van der Waals surface area contributed by atoms with E-state index in [1.54, 1.807) is 12.3 Å². The second-order valence-corrected chi connectivity index (χ2v) is 6.71. The lowest BCUT2D eigenvalue weighted by atomic mass is 9.84. The van der Waals surface area contributed by atoms with E-state index in [4.69, 9.17) is 0 Å². The molecule has 3 N–H and O–H groups in total. The van der Waals surface area contributed by atoms with Crippen molar-refractivity contribution >= 4 is 17.1 Å². The third-order valence-corrected chi connectivity index (χ3v) is 5.36. The van der Waals surface area contributed by atoms with Crippen LogP contribution in [0.3, 0.4) is 0 Å². The maximum Gasteiger partial charge on any atom is 0.254 e. The average Bonchev–Trinajstić information content (AvgIpc) is 3.17. The topological polar surface area (TPSA) is 82.7 Å². The third kappa shape index (κ3) is 2.41. The number of aryl methyl sites for hydroxylation is 1. The Hall–Kier alpha value is -1.95. The third-order valence-electron chi connectivity index (χ3n) is 5.36. The molecule has 6 heteroatoms. The van der Waals surface area contributed by atoms with Crippen LogP contribution in [0.2, 0.25) is 0 Å². The van der Waals surface area contributed by atoms with E-state index in [1.807, 2.05) is 6.92 Å². The Morgan fingerprint density at radius 1 is 1.43 bits per heavy atom. The van der Waals surface area contributed by atoms with E-state index in [0.29, 0.717) is 17.3 Å². The lowest BCUT2D eigenvalue weighted by molar-refractivity contribution is 0.0858. The number of nitrogens with zero attached hydrogens (tertiary/aromatic N) is 2. The maximum absolute atomic E-state index is 12.9. The second-order valence-electron chi connectivity index (χ2n) is 6.71. The van der Waals surface area contributed by atoms with Gasteiger partial charge < -0.3 is 15.6 Å². The summed E-state index contributed by atoms with van der Waals surface area (Å²) in [6.07, 6.45) is 8.03. The van der Waals surface area contributed by atoms with Crippen LogP contribution < -0.4 is 10.6 Å². The number of aromatic nitrogens is 3. The second kappa shape index (κ2) is 5.60. The molecule has 4 rings (SSSR count). The van der Waals surface area contributed by atoms with Crippen molar-refractivity contribution in [3.8, 4) is 0 Å². The number of imidazole rings is 1. The monoisotopic (exact) mass is 313 g/mol. The first-order valence-electron chi connectivity index (χ1n) is 8.61. The summed E-state index contributed by atoms with van der Waals surface area (Å²) in [5.74, 6) is 0.850. The number of nitrogens with one attached hydrogen (secondary N) is 3. The van der Waals surface area contributed by atoms with Gasteiger partial charge in [-0.05, 0) is 44.7 Å². The zero-order valence-electron chi connectivity index (χ0n) is 13.5. The smallest absolute Gasteiger partial charge is 0.254 e. The fraction of sp³-hybridized carbons (Fsp3) is 0.588. The van der Waals surface area contributed by atoms with Crippen LogP contribution in [0.4, 0.5) is 0 Å². The summed E-state index contributed by atoms with van der Waals surface area (Å²) >= 11 is 0. The van der Waals surface area contributed by atoms with E-state index in [1.165, 1.54) is 6.42 Å². The molecule has 0 bridgehead atoms. The number of aromatic amines is 1. The summed E-state index contributed by atoms with van der Waals surface area (Å²) in [6.45, 7) is 3.09. The number of amides is 1. The first kappa shape index (κ1) is 14.6. The number of H-pyrrole nitrogens is 1. The standard InChI is InChI=1S/C17H23N5O/c1-2-13-20-14-11(6-10-19-15(14)21-13)16(23)22-17-7-3-5-12(17)18-9-4-8-17/h6,10,12,18H,2-5,7-9H2,1H3,(H,22,23)(H,19,20,21). The summed E-state index contributed by atoms with van der Waals surface area (Å²) in [5.41, 5.74) is 1.93. The van der Waals surface area contributed by atoms with Gasteiger partial charge in [0.25, 0.3) is 5.91 Å². The summed E-state index contributed by atoms with van der Waals surface area (Å²) in [5, 5.41) is 6.93. The van der Waals surface area contributed by atoms with Gasteiger partial charge in [-0.2, -0.15) is 0 Å². The van der Waals surface area contributed by atoms with Gasteiger partial charge in [0, 0.05) is 18.7 Å². The normalized spacial score (nSPS) is 27.1. The number of rotatable bonds is 3. The number of pyridine rings is 1. The summed E-state index contributed by atoms with van der Waals surface area (Å²) in [4.78, 5) is 24.9. The molecular formula is C17H23N5O. The Bertz CT molecular complexity index is 740. The van der Waals surface area contributed by atoms with Crippen molar-refractivity contribution in [3.05, 3.63) is 23.7 Å². The van der Waals surface area contributed by atoms with E-state index >= 15 is 0 Å². The van der Waals surface area contributed by atoms with Gasteiger partial charge in [0.1, 0.15) is 5.82 Å². The summed E-state index contributed by atoms with van der Waals surface area (Å²) in [7, 11) is 0. The fourth-order valence-electron chi connectivity index (χ4n) is 4.17. The van der Waals surface area contributed by atoms with Crippen LogP contribution in [-0.2, 0) is 6.42 Å². The molecule has 1 saturated heterocycles. The van der Waals surface area contributed by atoms with Crippen molar-refractivity contribution in [1.29, 1.82) is 0 Å². The molecule has 2 atom stereocenters. The highest BCUT2D eigenvalue weighted by molar-refractivity contribution is 6.04. The molecule has 23 heavy (non-hydrogen) atoms. The van der Waals surface area contributed by atoms with E-state index in [0.717, 1.165) is 50.0 Å². The number of carbonyl (C=O) groups excluding carboxylic acids is 1. The highest BCUT2D eigenvalue weighted by atomic mass is 16.1. The van der Waals surface area contributed by atoms with Crippen molar-refractivity contribution < 1.29 is 4.79 Å². The Morgan fingerprint density at radius 3 is 3.17 bits per heavy atom. The van der Waals surface area contributed by atoms with Gasteiger partial charge >= 0.3 is 0 Å². The van der Waals surface area contributed by atoms with Crippen LogP contribution in [0.25, 0.3) is 11.2 Å². The highest BCUT2D eigenvalue weighted by Crippen LogP contribution is 2.36. The Kier molecular flexibility index (Phi) is 3.56. The highest BCUT2D eigenvalue weighted by Gasteiger charge is 2.45. The lowest BCUT2D eigenvalue weighted by Gasteiger charge is -2.41. The fourth-order valence-corrected chi connectivity index (χ4v) is 4.17. The first-order chi connectivity index (χ1) is 11.2. The molecule has 1 saturated carbocycles. The molecule has 1 amide bonds. The Balaban J connectivity index is 1.65. The number of carbonyl (C=O) groups is 1. The van der Waals surface area contributed by atoms with Gasteiger partial charge in [-0.3, -0.25) is 4.79 Å². The predicted octanol–water partition coefficient (Wildman–Crippen LogP) is 1.92. The molecule has 0 spiro atoms. The minimum Gasteiger partial charge on any atom is -0.345 e. The lowest BCUT2D eigenvalue weighted by Crippen LogP contribution is -2.61. The summed E-state index contributed by atoms with van der Waals surface area (Å²) < 4.78 is 0. The number of hydrogen-bond acceptors (Lipinski definition) is 4. The van der Waals surface area contributed by atoms with Crippen LogP contribution >= 0.6 is 0 Å². The quantitative estimate of drug-likeness (QED) is 0.808. The average molecular weight is 313 g/mol. The van der Waals surface area contributed by atoms with Crippen LogP contribution in [0.1, 0.15) is 55.2 Å². The molecule has 2 unspecified atom stereocenters. The zero-order chi connectivity index (χ0) is 15.9. The van der Waals surface area contributed by atoms with Gasteiger partial charge in [-0.25, -0.2) is 9.97 Å². The van der Waals surface area contributed by atoms with Crippen LogP contribution in [0, 0.1) is 0 Å². The molecule has 6 nitrogen and oxygen atoms in total. The van der Waals surface area contributed by atoms with Crippen molar-refractivity contribution in [2.45, 2.75) is 57.0 Å². The van der Waals surface area contributed by atoms with Crippen LogP contribution in [0.15, 0.2) is 12.3 Å². The SMILES string of the molecule is CCc1nc2nccc(C(=O)NC34CCCNC3CCC4)c2[nH]1. The molecular weight excluding hydrogens is 290 g/mol. The minimum atomic E-state index is -0.0848. The maximum atomic E-state index is 12.9. The molecule has 0 radical (unpaired) electrons. The van der Waals surface area contributed by atoms with E-state index in [2.05, 4.69) is 25.6 Å². The number of fused-ring (bicyclic) bond motifs is 2. The van der Waals surface area contributed by atoms with Crippen LogP contribution in [-0.4, -0.2) is 39.0 Å². The predicted molar refractivity (Wildman–Crippen MR) is 88.3 cm³/mol. The van der Waals surface area contributed by atoms with Gasteiger partial charge in [0.15, 0.2) is 5.65 Å². The molecule has 2 aromatic rings. The molecule has 1 aliphatic carbocycles. The van der Waals surface area contributed by atoms with Crippen molar-refractivity contribution in [1.82, 2.24) is 25.6 Å². The van der Waals surface area contributed by atoms with E-state index in [-0.39, 0.29) is 11.4 Å². The molecule has 122 valence electrons. The van der Waals surface area contributed by atoms with E-state index < -0.39 is 0 Å². The van der Waals surface area contributed by atoms with Gasteiger partial charge in [0.2, 0.25) is 0 Å².